The van der Waals surface area contributed by atoms with E-state index in [0.29, 0.717) is 5.69 Å². The fourth-order valence-corrected chi connectivity index (χ4v) is 2.56. The molecule has 1 aliphatic heterocycles. The van der Waals surface area contributed by atoms with E-state index in [-0.39, 0.29) is 5.91 Å². The van der Waals surface area contributed by atoms with Crippen LogP contribution in [0.1, 0.15) is 21.9 Å². The highest BCUT2D eigenvalue weighted by Crippen LogP contribution is 2.12. The Labute approximate surface area is 123 Å². The first-order valence-electron chi connectivity index (χ1n) is 7.18. The average molecular weight is 288 g/mol. The summed E-state index contributed by atoms with van der Waals surface area (Å²) in [5.41, 5.74) is 1.53. The molecule has 2 aromatic rings. The minimum Gasteiger partial charge on any atom is -0.468 e. The molecule has 2 aromatic heterocycles. The molecular weight excluding hydrogens is 268 g/mol. The summed E-state index contributed by atoms with van der Waals surface area (Å²) in [4.78, 5) is 16.6. The molecule has 112 valence electrons. The van der Waals surface area contributed by atoms with Gasteiger partial charge >= 0.3 is 0 Å². The molecular formula is C15H20N4O2. The summed E-state index contributed by atoms with van der Waals surface area (Å²) in [6, 6.07) is 5.73. The van der Waals surface area contributed by atoms with Gasteiger partial charge in [0.15, 0.2) is 5.69 Å². The van der Waals surface area contributed by atoms with Crippen LogP contribution in [0.5, 0.6) is 0 Å². The Bertz CT molecular complexity index is 590. The van der Waals surface area contributed by atoms with Crippen LogP contribution in [-0.4, -0.2) is 51.7 Å². The van der Waals surface area contributed by atoms with E-state index in [1.807, 2.05) is 37.1 Å². The molecule has 1 aliphatic rings. The van der Waals surface area contributed by atoms with Gasteiger partial charge in [-0.05, 0) is 25.1 Å². The van der Waals surface area contributed by atoms with Crippen molar-refractivity contribution < 1.29 is 9.21 Å². The highest BCUT2D eigenvalue weighted by Gasteiger charge is 2.24. The normalized spacial score (nSPS) is 16.4. The van der Waals surface area contributed by atoms with E-state index in [9.17, 15) is 4.79 Å². The fourth-order valence-electron chi connectivity index (χ4n) is 2.56. The monoisotopic (exact) mass is 288 g/mol. The number of carbonyl (C=O) groups is 1. The maximum atomic E-state index is 12.4. The van der Waals surface area contributed by atoms with E-state index in [2.05, 4.69) is 10.00 Å². The van der Waals surface area contributed by atoms with Gasteiger partial charge in [0, 0.05) is 38.9 Å². The molecule has 21 heavy (non-hydrogen) atoms. The number of hydrogen-bond donors (Lipinski definition) is 0. The predicted octanol–water partition coefficient (Wildman–Crippen LogP) is 1.28. The van der Waals surface area contributed by atoms with Crippen molar-refractivity contribution in [2.24, 2.45) is 7.05 Å². The number of carbonyl (C=O) groups excluding carboxylic acids is 1. The van der Waals surface area contributed by atoms with Crippen LogP contribution in [0.2, 0.25) is 0 Å². The Morgan fingerprint density at radius 3 is 2.67 bits per heavy atom. The van der Waals surface area contributed by atoms with E-state index in [4.69, 9.17) is 4.42 Å². The maximum Gasteiger partial charge on any atom is 0.274 e. The van der Waals surface area contributed by atoms with Gasteiger partial charge in [-0.15, -0.1) is 0 Å². The third kappa shape index (κ3) is 3.00. The molecule has 0 bridgehead atoms. The summed E-state index contributed by atoms with van der Waals surface area (Å²) in [5.74, 6) is 0.992. The largest absolute Gasteiger partial charge is 0.468 e. The zero-order chi connectivity index (χ0) is 14.8. The first kappa shape index (κ1) is 13.9. The molecule has 0 unspecified atom stereocenters. The molecule has 1 saturated heterocycles. The molecule has 0 spiro atoms. The van der Waals surface area contributed by atoms with E-state index in [1.165, 1.54) is 0 Å². The zero-order valence-corrected chi connectivity index (χ0v) is 12.5. The minimum atomic E-state index is 0.0244. The Morgan fingerprint density at radius 2 is 2.10 bits per heavy atom. The van der Waals surface area contributed by atoms with Gasteiger partial charge < -0.3 is 9.32 Å². The first-order valence-corrected chi connectivity index (χ1v) is 7.18. The van der Waals surface area contributed by atoms with E-state index >= 15 is 0 Å². The highest BCUT2D eigenvalue weighted by atomic mass is 16.3. The summed E-state index contributed by atoms with van der Waals surface area (Å²) in [6.07, 6.45) is 1.69. The summed E-state index contributed by atoms with van der Waals surface area (Å²) in [5, 5.41) is 4.26. The van der Waals surface area contributed by atoms with Gasteiger partial charge in [0.05, 0.1) is 12.8 Å². The van der Waals surface area contributed by atoms with Gasteiger partial charge in [-0.1, -0.05) is 0 Å². The molecule has 0 aliphatic carbocycles. The standard InChI is InChI=1S/C15H20N4O2/c1-12-10-14(16-17(12)2)15(20)19-7-5-18(6-8-19)11-13-4-3-9-21-13/h3-4,9-10H,5-8,11H2,1-2H3. The minimum absolute atomic E-state index is 0.0244. The number of rotatable bonds is 3. The van der Waals surface area contributed by atoms with Crippen molar-refractivity contribution in [1.29, 1.82) is 0 Å². The molecule has 3 heterocycles. The molecule has 6 heteroatoms. The number of hydrogen-bond acceptors (Lipinski definition) is 4. The van der Waals surface area contributed by atoms with Gasteiger partial charge in [0.25, 0.3) is 5.91 Å². The number of aromatic nitrogens is 2. The average Bonchev–Trinajstić information content (AvgIpc) is 3.10. The van der Waals surface area contributed by atoms with Crippen LogP contribution in [0.4, 0.5) is 0 Å². The number of amides is 1. The zero-order valence-electron chi connectivity index (χ0n) is 12.5. The highest BCUT2D eigenvalue weighted by molar-refractivity contribution is 5.92. The van der Waals surface area contributed by atoms with Crippen molar-refractivity contribution in [1.82, 2.24) is 19.6 Å². The van der Waals surface area contributed by atoms with E-state index in [0.717, 1.165) is 44.2 Å². The molecule has 6 nitrogen and oxygen atoms in total. The molecule has 0 radical (unpaired) electrons. The van der Waals surface area contributed by atoms with Crippen LogP contribution in [0.25, 0.3) is 0 Å². The smallest absolute Gasteiger partial charge is 0.274 e. The van der Waals surface area contributed by atoms with E-state index in [1.54, 1.807) is 10.9 Å². The summed E-state index contributed by atoms with van der Waals surface area (Å²) in [7, 11) is 1.85. The van der Waals surface area contributed by atoms with Crippen LogP contribution in [0.15, 0.2) is 28.9 Å². The second-order valence-corrected chi connectivity index (χ2v) is 5.44. The van der Waals surface area contributed by atoms with E-state index < -0.39 is 0 Å². The van der Waals surface area contributed by atoms with Gasteiger partial charge in [-0.2, -0.15) is 5.10 Å². The van der Waals surface area contributed by atoms with Crippen LogP contribution in [0, 0.1) is 6.92 Å². The molecule has 0 saturated carbocycles. The van der Waals surface area contributed by atoms with Gasteiger partial charge in [0.2, 0.25) is 0 Å². The summed E-state index contributed by atoms with van der Waals surface area (Å²) < 4.78 is 7.10. The molecule has 1 fully saturated rings. The van der Waals surface area contributed by atoms with Crippen molar-refractivity contribution >= 4 is 5.91 Å². The lowest BCUT2D eigenvalue weighted by molar-refractivity contribution is 0.0614. The molecule has 0 N–H and O–H groups in total. The maximum absolute atomic E-state index is 12.4. The third-order valence-corrected chi connectivity index (χ3v) is 3.95. The van der Waals surface area contributed by atoms with Gasteiger partial charge in [0.1, 0.15) is 5.76 Å². The SMILES string of the molecule is Cc1cc(C(=O)N2CCN(Cc3ccco3)CC2)nn1C. The Morgan fingerprint density at radius 1 is 1.33 bits per heavy atom. The van der Waals surface area contributed by atoms with Crippen LogP contribution < -0.4 is 0 Å². The van der Waals surface area contributed by atoms with Crippen LogP contribution in [-0.2, 0) is 13.6 Å². The fraction of sp³-hybridized carbons (Fsp3) is 0.467. The summed E-state index contributed by atoms with van der Waals surface area (Å²) in [6.45, 7) is 5.93. The number of nitrogens with zero attached hydrogens (tertiary/aromatic N) is 4. The quantitative estimate of drug-likeness (QED) is 0.854. The van der Waals surface area contributed by atoms with Crippen LogP contribution in [0.3, 0.4) is 0 Å². The molecule has 0 aromatic carbocycles. The Kier molecular flexibility index (Phi) is 3.79. The molecule has 3 rings (SSSR count). The Hall–Kier alpha value is -2.08. The number of aryl methyl sites for hydroxylation is 2. The van der Waals surface area contributed by atoms with Gasteiger partial charge in [-0.3, -0.25) is 14.4 Å². The first-order chi connectivity index (χ1) is 10.1. The number of piperazine rings is 1. The molecule has 1 amide bonds. The van der Waals surface area contributed by atoms with Crippen molar-refractivity contribution in [3.05, 3.63) is 41.6 Å². The third-order valence-electron chi connectivity index (χ3n) is 3.95. The van der Waals surface area contributed by atoms with Crippen molar-refractivity contribution in [3.63, 3.8) is 0 Å². The van der Waals surface area contributed by atoms with Crippen molar-refractivity contribution in [2.75, 3.05) is 26.2 Å². The second-order valence-electron chi connectivity index (χ2n) is 5.44. The number of furan rings is 1. The predicted molar refractivity (Wildman–Crippen MR) is 77.8 cm³/mol. The topological polar surface area (TPSA) is 54.5 Å². The van der Waals surface area contributed by atoms with Crippen molar-refractivity contribution in [2.45, 2.75) is 13.5 Å². The van der Waals surface area contributed by atoms with Crippen LogP contribution >= 0.6 is 0 Å². The summed E-state index contributed by atoms with van der Waals surface area (Å²) >= 11 is 0. The second kappa shape index (κ2) is 5.73. The lowest BCUT2D eigenvalue weighted by atomic mass is 10.2. The Balaban J connectivity index is 1.56. The lowest BCUT2D eigenvalue weighted by Crippen LogP contribution is -2.48. The van der Waals surface area contributed by atoms with Crippen molar-refractivity contribution in [3.8, 4) is 0 Å². The van der Waals surface area contributed by atoms with Gasteiger partial charge in [-0.25, -0.2) is 0 Å². The molecule has 0 atom stereocenters. The lowest BCUT2D eigenvalue weighted by Gasteiger charge is -2.33.